The molecule has 7 nitrogen and oxygen atoms in total. The highest BCUT2D eigenvalue weighted by atomic mass is 79.9. The SMILES string of the molecule is COC(=O)C1=C(c2ccc(OC)c(Br)c2)c2cc(OC(C)C)ccc2O[C@@H]1c1ccc2c(c1)OCO2. The minimum absolute atomic E-state index is 0.0171. The van der Waals surface area contributed by atoms with Crippen LogP contribution in [-0.4, -0.2) is 33.1 Å². The molecule has 0 fully saturated rings. The van der Waals surface area contributed by atoms with Gasteiger partial charge in [0.25, 0.3) is 0 Å². The molecule has 36 heavy (non-hydrogen) atoms. The lowest BCUT2D eigenvalue weighted by molar-refractivity contribution is -0.137. The number of benzene rings is 3. The van der Waals surface area contributed by atoms with Gasteiger partial charge in [0.15, 0.2) is 17.6 Å². The summed E-state index contributed by atoms with van der Waals surface area (Å²) in [6, 6.07) is 16.8. The second-order valence-electron chi connectivity index (χ2n) is 8.56. The van der Waals surface area contributed by atoms with Gasteiger partial charge in [-0.2, -0.15) is 0 Å². The zero-order valence-electron chi connectivity index (χ0n) is 20.3. The van der Waals surface area contributed by atoms with E-state index in [1.165, 1.54) is 7.11 Å². The van der Waals surface area contributed by atoms with Crippen molar-refractivity contribution in [1.29, 1.82) is 0 Å². The van der Waals surface area contributed by atoms with Crippen LogP contribution in [0.15, 0.2) is 64.6 Å². The van der Waals surface area contributed by atoms with E-state index < -0.39 is 12.1 Å². The van der Waals surface area contributed by atoms with Crippen LogP contribution >= 0.6 is 15.9 Å². The van der Waals surface area contributed by atoms with Crippen molar-refractivity contribution in [3.8, 4) is 28.7 Å². The number of hydrogen-bond acceptors (Lipinski definition) is 7. The average Bonchev–Trinajstić information content (AvgIpc) is 3.34. The third-order valence-corrected chi connectivity index (χ3v) is 6.53. The highest BCUT2D eigenvalue weighted by Gasteiger charge is 2.37. The molecule has 0 radical (unpaired) electrons. The van der Waals surface area contributed by atoms with Crippen molar-refractivity contribution in [1.82, 2.24) is 0 Å². The molecule has 0 unspecified atom stereocenters. The Morgan fingerprint density at radius 2 is 1.75 bits per heavy atom. The molecular weight excluding hydrogens is 528 g/mol. The fourth-order valence-electron chi connectivity index (χ4n) is 4.38. The summed E-state index contributed by atoms with van der Waals surface area (Å²) in [5.41, 5.74) is 3.30. The molecule has 5 rings (SSSR count). The van der Waals surface area contributed by atoms with Crippen LogP contribution in [0.25, 0.3) is 5.57 Å². The molecule has 0 spiro atoms. The summed E-state index contributed by atoms with van der Waals surface area (Å²) in [6.45, 7) is 4.07. The number of esters is 1. The fraction of sp³-hybridized carbons (Fsp3) is 0.250. The summed E-state index contributed by atoms with van der Waals surface area (Å²) < 4.78 is 34.9. The molecule has 0 saturated heterocycles. The molecule has 0 aromatic heterocycles. The van der Waals surface area contributed by atoms with E-state index in [9.17, 15) is 4.79 Å². The molecule has 3 aromatic rings. The van der Waals surface area contributed by atoms with E-state index in [-0.39, 0.29) is 12.9 Å². The number of rotatable bonds is 6. The van der Waals surface area contributed by atoms with Gasteiger partial charge in [-0.25, -0.2) is 4.79 Å². The number of halogens is 1. The quantitative estimate of drug-likeness (QED) is 0.343. The van der Waals surface area contributed by atoms with Gasteiger partial charge in [0.05, 0.1) is 30.4 Å². The first-order valence-corrected chi connectivity index (χ1v) is 12.2. The van der Waals surface area contributed by atoms with Gasteiger partial charge in [0.1, 0.15) is 17.2 Å². The number of hydrogen-bond donors (Lipinski definition) is 0. The van der Waals surface area contributed by atoms with Crippen molar-refractivity contribution < 1.29 is 33.2 Å². The largest absolute Gasteiger partial charge is 0.496 e. The third kappa shape index (κ3) is 4.37. The van der Waals surface area contributed by atoms with Gasteiger partial charge in [-0.15, -0.1) is 0 Å². The van der Waals surface area contributed by atoms with Crippen LogP contribution in [0.5, 0.6) is 28.7 Å². The maximum atomic E-state index is 13.4. The van der Waals surface area contributed by atoms with Crippen molar-refractivity contribution in [2.24, 2.45) is 0 Å². The van der Waals surface area contributed by atoms with E-state index in [4.69, 9.17) is 28.4 Å². The molecule has 186 valence electrons. The van der Waals surface area contributed by atoms with Crippen LogP contribution in [0.4, 0.5) is 0 Å². The number of methoxy groups -OCH3 is 2. The van der Waals surface area contributed by atoms with Crippen molar-refractivity contribution >= 4 is 27.5 Å². The number of fused-ring (bicyclic) bond motifs is 2. The monoisotopic (exact) mass is 552 g/mol. The topological polar surface area (TPSA) is 72.5 Å². The Bertz CT molecular complexity index is 1360. The second-order valence-corrected chi connectivity index (χ2v) is 9.42. The number of carbonyl (C=O) groups excluding carboxylic acids is 1. The minimum atomic E-state index is -0.743. The van der Waals surface area contributed by atoms with Crippen LogP contribution < -0.4 is 23.7 Å². The summed E-state index contributed by atoms with van der Waals surface area (Å²) in [5, 5.41) is 0. The molecule has 0 N–H and O–H groups in total. The maximum absolute atomic E-state index is 13.4. The molecule has 0 bridgehead atoms. The molecule has 0 amide bonds. The lowest BCUT2D eigenvalue weighted by Crippen LogP contribution is -2.24. The highest BCUT2D eigenvalue weighted by Crippen LogP contribution is 2.48. The molecule has 2 heterocycles. The minimum Gasteiger partial charge on any atom is -0.496 e. The van der Waals surface area contributed by atoms with Crippen molar-refractivity contribution in [3.05, 3.63) is 81.3 Å². The first-order valence-electron chi connectivity index (χ1n) is 11.4. The highest BCUT2D eigenvalue weighted by molar-refractivity contribution is 9.10. The molecule has 8 heteroatoms. The lowest BCUT2D eigenvalue weighted by Gasteiger charge is -2.31. The fourth-order valence-corrected chi connectivity index (χ4v) is 4.92. The van der Waals surface area contributed by atoms with E-state index in [2.05, 4.69) is 15.9 Å². The predicted octanol–water partition coefficient (Wildman–Crippen LogP) is 6.08. The Labute approximate surface area is 217 Å². The van der Waals surface area contributed by atoms with E-state index in [1.54, 1.807) is 7.11 Å². The Kier molecular flexibility index (Phi) is 6.53. The molecule has 3 aromatic carbocycles. The molecule has 1 atom stereocenters. The predicted molar refractivity (Wildman–Crippen MR) is 137 cm³/mol. The van der Waals surface area contributed by atoms with Gasteiger partial charge in [-0.1, -0.05) is 12.1 Å². The van der Waals surface area contributed by atoms with Gasteiger partial charge in [0, 0.05) is 16.7 Å². The number of carbonyl (C=O) groups is 1. The normalized spacial score (nSPS) is 15.9. The summed E-state index contributed by atoms with van der Waals surface area (Å²) in [5.74, 6) is 2.70. The number of ether oxygens (including phenoxy) is 6. The average molecular weight is 553 g/mol. The molecule has 2 aliphatic heterocycles. The summed E-state index contributed by atoms with van der Waals surface area (Å²) in [4.78, 5) is 13.4. The standard InChI is InChI=1S/C28H25BrO7/c1-15(2)35-18-7-10-21-19(13-18)25(16-5-8-22(31-3)20(29)11-16)26(28(30)32-4)27(36-21)17-6-9-23-24(12-17)34-14-33-23/h5-13,15,27H,14H2,1-4H3/t27-/m1/s1. The zero-order chi connectivity index (χ0) is 25.4. The van der Waals surface area contributed by atoms with Gasteiger partial charge in [0.2, 0.25) is 6.79 Å². The molecule has 0 saturated carbocycles. The Morgan fingerprint density at radius 3 is 2.47 bits per heavy atom. The van der Waals surface area contributed by atoms with Crippen LogP contribution in [-0.2, 0) is 9.53 Å². The Morgan fingerprint density at radius 1 is 0.972 bits per heavy atom. The van der Waals surface area contributed by atoms with Crippen molar-refractivity contribution in [2.45, 2.75) is 26.1 Å². The van der Waals surface area contributed by atoms with Gasteiger partial charge < -0.3 is 28.4 Å². The molecule has 0 aliphatic carbocycles. The van der Waals surface area contributed by atoms with E-state index in [1.807, 2.05) is 68.4 Å². The van der Waals surface area contributed by atoms with Crippen molar-refractivity contribution in [3.63, 3.8) is 0 Å². The van der Waals surface area contributed by atoms with Crippen LogP contribution in [0.3, 0.4) is 0 Å². The van der Waals surface area contributed by atoms with Crippen LogP contribution in [0.2, 0.25) is 0 Å². The first-order chi connectivity index (χ1) is 17.4. The van der Waals surface area contributed by atoms with Gasteiger partial charge in [-0.3, -0.25) is 0 Å². The summed E-state index contributed by atoms with van der Waals surface area (Å²) in [7, 11) is 2.97. The third-order valence-electron chi connectivity index (χ3n) is 5.91. The summed E-state index contributed by atoms with van der Waals surface area (Å²) >= 11 is 3.58. The lowest BCUT2D eigenvalue weighted by atomic mass is 9.85. The molecular formula is C28H25BrO7. The van der Waals surface area contributed by atoms with Crippen LogP contribution in [0.1, 0.15) is 36.6 Å². The van der Waals surface area contributed by atoms with E-state index in [0.29, 0.717) is 39.9 Å². The van der Waals surface area contributed by atoms with E-state index in [0.717, 1.165) is 21.2 Å². The Hall–Kier alpha value is -3.65. The molecule has 2 aliphatic rings. The second kappa shape index (κ2) is 9.78. The van der Waals surface area contributed by atoms with Gasteiger partial charge >= 0.3 is 5.97 Å². The first kappa shape index (κ1) is 24.1. The van der Waals surface area contributed by atoms with Crippen LogP contribution in [0, 0.1) is 0 Å². The van der Waals surface area contributed by atoms with Crippen molar-refractivity contribution in [2.75, 3.05) is 21.0 Å². The van der Waals surface area contributed by atoms with Gasteiger partial charge in [-0.05, 0) is 77.8 Å². The Balaban J connectivity index is 1.76. The van der Waals surface area contributed by atoms with E-state index >= 15 is 0 Å². The smallest absolute Gasteiger partial charge is 0.338 e. The summed E-state index contributed by atoms with van der Waals surface area (Å²) in [6.07, 6.45) is -0.760. The zero-order valence-corrected chi connectivity index (χ0v) is 21.9. The maximum Gasteiger partial charge on any atom is 0.338 e.